The number of hydrogen-bond donors (Lipinski definition) is 1. The maximum absolute atomic E-state index is 13.6. The quantitative estimate of drug-likeness (QED) is 0.383. The van der Waals surface area contributed by atoms with Gasteiger partial charge < -0.3 is 5.32 Å². The zero-order valence-corrected chi connectivity index (χ0v) is 20.8. The first-order chi connectivity index (χ1) is 15.8. The molecular weight excluding hydrogens is 452 g/mol. The molecule has 0 fully saturated rings. The Morgan fingerprint density at radius 1 is 1.33 bits per heavy atom. The van der Waals surface area contributed by atoms with E-state index in [0.717, 1.165) is 40.6 Å². The van der Waals surface area contributed by atoms with Crippen molar-refractivity contribution in [3.8, 4) is 6.07 Å². The van der Waals surface area contributed by atoms with Crippen molar-refractivity contribution in [1.82, 2.24) is 14.9 Å². The van der Waals surface area contributed by atoms with Gasteiger partial charge in [0.2, 0.25) is 5.91 Å². The van der Waals surface area contributed by atoms with Crippen LogP contribution in [-0.2, 0) is 30.6 Å². The highest BCUT2D eigenvalue weighted by Crippen LogP contribution is 2.35. The Kier molecular flexibility index (Phi) is 6.91. The van der Waals surface area contributed by atoms with Gasteiger partial charge in [-0.05, 0) is 49.7 Å². The van der Waals surface area contributed by atoms with E-state index >= 15 is 0 Å². The average molecular weight is 481 g/mol. The maximum Gasteiger partial charge on any atom is 0.263 e. The lowest BCUT2D eigenvalue weighted by atomic mass is 9.90. The summed E-state index contributed by atoms with van der Waals surface area (Å²) in [7, 11) is 0. The van der Waals surface area contributed by atoms with E-state index in [0.29, 0.717) is 18.1 Å². The van der Waals surface area contributed by atoms with Crippen LogP contribution >= 0.6 is 23.1 Å². The number of nitrogens with one attached hydrogen (secondary N) is 1. The van der Waals surface area contributed by atoms with Crippen molar-refractivity contribution >= 4 is 39.2 Å². The van der Waals surface area contributed by atoms with Crippen molar-refractivity contribution in [3.63, 3.8) is 0 Å². The Balaban J connectivity index is 1.62. The first-order valence-corrected chi connectivity index (χ1v) is 13.1. The normalized spacial score (nSPS) is 14.8. The van der Waals surface area contributed by atoms with Crippen molar-refractivity contribution in [3.05, 3.63) is 56.7 Å². The number of benzene rings is 1. The molecule has 2 aromatic heterocycles. The van der Waals surface area contributed by atoms with E-state index in [1.165, 1.54) is 16.6 Å². The molecule has 2 heterocycles. The molecule has 0 bridgehead atoms. The summed E-state index contributed by atoms with van der Waals surface area (Å²) in [5, 5.41) is 13.6. The van der Waals surface area contributed by atoms with Crippen LogP contribution in [0.4, 0.5) is 0 Å². The van der Waals surface area contributed by atoms with E-state index in [9.17, 15) is 14.9 Å². The monoisotopic (exact) mass is 480 g/mol. The Hall–Kier alpha value is -2.63. The van der Waals surface area contributed by atoms with Crippen LogP contribution in [-0.4, -0.2) is 26.8 Å². The van der Waals surface area contributed by atoms with E-state index in [1.807, 2.05) is 44.2 Å². The topological polar surface area (TPSA) is 87.8 Å². The van der Waals surface area contributed by atoms with Crippen LogP contribution in [0.25, 0.3) is 10.2 Å². The number of hydrogen-bond acceptors (Lipinski definition) is 6. The lowest BCUT2D eigenvalue weighted by Gasteiger charge is -2.27. The van der Waals surface area contributed by atoms with Crippen LogP contribution in [0, 0.1) is 17.2 Å². The molecule has 0 radical (unpaired) electrons. The second-order valence-electron chi connectivity index (χ2n) is 8.93. The van der Waals surface area contributed by atoms with Gasteiger partial charge in [-0.25, -0.2) is 4.98 Å². The van der Waals surface area contributed by atoms with Gasteiger partial charge in [-0.15, -0.1) is 11.3 Å². The molecule has 0 saturated heterocycles. The number of thiophene rings is 1. The van der Waals surface area contributed by atoms with Crippen molar-refractivity contribution in [2.24, 2.45) is 5.92 Å². The molecular formula is C25H28N4O2S2. The summed E-state index contributed by atoms with van der Waals surface area (Å²) in [6.45, 7) is 6.04. The first kappa shape index (κ1) is 23.5. The number of aromatic nitrogens is 2. The number of carbonyl (C=O) groups is 1. The Morgan fingerprint density at radius 3 is 2.79 bits per heavy atom. The van der Waals surface area contributed by atoms with E-state index in [1.54, 1.807) is 22.8 Å². The minimum Gasteiger partial charge on any atom is -0.337 e. The summed E-state index contributed by atoms with van der Waals surface area (Å²) < 4.78 is 1.73. The van der Waals surface area contributed by atoms with Crippen LogP contribution in [0.1, 0.15) is 43.2 Å². The highest BCUT2D eigenvalue weighted by molar-refractivity contribution is 7.99. The van der Waals surface area contributed by atoms with Crippen LogP contribution in [0.2, 0.25) is 0 Å². The minimum absolute atomic E-state index is 0.0118. The SMILES string of the molecule is CC(C)C(C)(C#N)NC(=O)CSc1nc2sc3c(c2c(=O)n1CCc1ccccc1)CCC3. The van der Waals surface area contributed by atoms with E-state index in [4.69, 9.17) is 4.98 Å². The molecule has 1 aliphatic rings. The molecule has 0 spiro atoms. The summed E-state index contributed by atoms with van der Waals surface area (Å²) in [4.78, 5) is 33.1. The Labute approximate surface area is 202 Å². The largest absolute Gasteiger partial charge is 0.337 e. The van der Waals surface area contributed by atoms with Gasteiger partial charge >= 0.3 is 0 Å². The third kappa shape index (κ3) is 4.85. The van der Waals surface area contributed by atoms with Crippen LogP contribution in [0.15, 0.2) is 40.3 Å². The van der Waals surface area contributed by atoms with Gasteiger partial charge in [-0.3, -0.25) is 14.2 Å². The number of nitriles is 1. The van der Waals surface area contributed by atoms with Crippen molar-refractivity contribution in [2.45, 2.75) is 63.7 Å². The summed E-state index contributed by atoms with van der Waals surface area (Å²) in [5.41, 5.74) is 1.37. The Bertz CT molecular complexity index is 1270. The molecule has 0 aliphatic heterocycles. The van der Waals surface area contributed by atoms with Gasteiger partial charge in [0.25, 0.3) is 5.56 Å². The predicted octanol–water partition coefficient (Wildman–Crippen LogP) is 4.34. The van der Waals surface area contributed by atoms with Crippen molar-refractivity contribution < 1.29 is 4.79 Å². The zero-order chi connectivity index (χ0) is 23.6. The molecule has 33 heavy (non-hydrogen) atoms. The van der Waals surface area contributed by atoms with E-state index < -0.39 is 5.54 Å². The van der Waals surface area contributed by atoms with Gasteiger partial charge in [0, 0.05) is 11.4 Å². The number of thioether (sulfide) groups is 1. The molecule has 1 amide bonds. The fourth-order valence-corrected chi connectivity index (χ4v) is 6.14. The number of fused-ring (bicyclic) bond motifs is 3. The van der Waals surface area contributed by atoms with Gasteiger partial charge in [-0.2, -0.15) is 5.26 Å². The molecule has 1 atom stereocenters. The predicted molar refractivity (Wildman–Crippen MR) is 134 cm³/mol. The molecule has 1 aromatic carbocycles. The fourth-order valence-electron chi connectivity index (χ4n) is 4.01. The highest BCUT2D eigenvalue weighted by Gasteiger charge is 2.30. The molecule has 8 heteroatoms. The summed E-state index contributed by atoms with van der Waals surface area (Å²) in [5.74, 6) is -0.169. The molecule has 1 N–H and O–H groups in total. The highest BCUT2D eigenvalue weighted by atomic mass is 32.2. The van der Waals surface area contributed by atoms with Crippen LogP contribution in [0.3, 0.4) is 0 Å². The first-order valence-electron chi connectivity index (χ1n) is 11.3. The Morgan fingerprint density at radius 2 is 2.09 bits per heavy atom. The number of aryl methyl sites for hydroxylation is 3. The number of carbonyl (C=O) groups excluding carboxylic acids is 1. The summed E-state index contributed by atoms with van der Waals surface area (Å²) >= 11 is 2.87. The maximum atomic E-state index is 13.6. The average Bonchev–Trinajstić information content (AvgIpc) is 3.38. The lowest BCUT2D eigenvalue weighted by molar-refractivity contribution is -0.120. The third-order valence-electron chi connectivity index (χ3n) is 6.38. The van der Waals surface area contributed by atoms with Crippen LogP contribution in [0.5, 0.6) is 0 Å². The second-order valence-corrected chi connectivity index (χ2v) is 11.0. The number of amides is 1. The molecule has 1 aliphatic carbocycles. The van der Waals surface area contributed by atoms with E-state index in [2.05, 4.69) is 11.4 Å². The standard InChI is InChI=1S/C25H28N4O2S2/c1-16(2)25(3,15-26)28-20(30)14-32-24-27-22-21(18-10-7-11-19(18)33-22)23(31)29(24)13-12-17-8-5-4-6-9-17/h4-6,8-9,16H,7,10-14H2,1-3H3,(H,28,30). The smallest absolute Gasteiger partial charge is 0.263 e. The number of rotatable bonds is 8. The lowest BCUT2D eigenvalue weighted by Crippen LogP contribution is -2.49. The molecule has 3 aromatic rings. The molecule has 4 rings (SSSR count). The molecule has 1 unspecified atom stereocenters. The summed E-state index contributed by atoms with van der Waals surface area (Å²) in [6.07, 6.45) is 3.74. The second kappa shape index (κ2) is 9.70. The molecule has 172 valence electrons. The zero-order valence-electron chi connectivity index (χ0n) is 19.2. The fraction of sp³-hybridized carbons (Fsp3) is 0.440. The van der Waals surface area contributed by atoms with E-state index in [-0.39, 0.29) is 23.1 Å². The molecule has 0 saturated carbocycles. The minimum atomic E-state index is -0.934. The third-order valence-corrected chi connectivity index (χ3v) is 8.54. The van der Waals surface area contributed by atoms with Crippen molar-refractivity contribution in [2.75, 3.05) is 5.75 Å². The van der Waals surface area contributed by atoms with Crippen molar-refractivity contribution in [1.29, 1.82) is 5.26 Å². The summed E-state index contributed by atoms with van der Waals surface area (Å²) in [6, 6.07) is 12.3. The van der Waals surface area contributed by atoms with Gasteiger partial charge in [0.1, 0.15) is 10.4 Å². The van der Waals surface area contributed by atoms with Gasteiger partial charge in [-0.1, -0.05) is 55.9 Å². The molecule has 6 nitrogen and oxygen atoms in total. The number of nitrogens with zero attached hydrogens (tertiary/aromatic N) is 3. The van der Waals surface area contributed by atoms with Crippen LogP contribution < -0.4 is 10.9 Å². The van der Waals surface area contributed by atoms with Gasteiger partial charge in [0.15, 0.2) is 5.16 Å². The van der Waals surface area contributed by atoms with Gasteiger partial charge in [0.05, 0.1) is 17.2 Å².